The molecule has 0 bridgehead atoms. The first kappa shape index (κ1) is 22.0. The van der Waals surface area contributed by atoms with Gasteiger partial charge in [-0.2, -0.15) is 14.9 Å². The van der Waals surface area contributed by atoms with E-state index in [-0.39, 0.29) is 10.5 Å². The molecule has 0 fully saturated rings. The van der Waals surface area contributed by atoms with E-state index in [1.165, 1.54) is 6.21 Å². The zero-order chi connectivity index (χ0) is 21.7. The van der Waals surface area contributed by atoms with Crippen molar-refractivity contribution >= 4 is 41.6 Å². The Morgan fingerprint density at radius 2 is 1.97 bits per heavy atom. The summed E-state index contributed by atoms with van der Waals surface area (Å²) in [5.41, 5.74) is 1.39. The number of nitrogens with one attached hydrogen (secondary N) is 1. The number of H-pyrrole nitrogens is 1. The van der Waals surface area contributed by atoms with Crippen molar-refractivity contribution in [3.05, 3.63) is 78.4 Å². The smallest absolute Gasteiger partial charge is 0.296 e. The first-order valence-corrected chi connectivity index (χ1v) is 10.1. The maximum Gasteiger partial charge on any atom is 0.296 e. The van der Waals surface area contributed by atoms with E-state index in [9.17, 15) is 4.79 Å². The number of hydrogen-bond acceptors (Lipinski definition) is 6. The molecule has 1 aromatic heterocycles. The van der Waals surface area contributed by atoms with Gasteiger partial charge in [-0.3, -0.25) is 9.89 Å². The molecule has 0 amide bonds. The minimum Gasteiger partial charge on any atom is -0.490 e. The fourth-order valence-corrected chi connectivity index (χ4v) is 3.08. The quantitative estimate of drug-likeness (QED) is 0.401. The van der Waals surface area contributed by atoms with E-state index in [0.29, 0.717) is 40.3 Å². The molecular weight excluding hydrogens is 447 g/mol. The molecule has 1 N–H and O–H groups in total. The predicted molar refractivity (Wildman–Crippen MR) is 120 cm³/mol. The van der Waals surface area contributed by atoms with E-state index in [4.69, 9.17) is 44.9 Å². The van der Waals surface area contributed by atoms with Crippen LogP contribution >= 0.6 is 35.4 Å². The summed E-state index contributed by atoms with van der Waals surface area (Å²) in [7, 11) is 0. The van der Waals surface area contributed by atoms with Crippen LogP contribution < -0.4 is 15.0 Å². The number of hydrogen-bond donors (Lipinski definition) is 1. The fraction of sp³-hybridized carbons (Fsp3) is 0.200. The zero-order valence-corrected chi connectivity index (χ0v) is 18.5. The Morgan fingerprint density at radius 3 is 2.67 bits per heavy atom. The summed E-state index contributed by atoms with van der Waals surface area (Å²) in [6, 6.07) is 10.7. The van der Waals surface area contributed by atoms with Crippen molar-refractivity contribution in [2.75, 3.05) is 6.61 Å². The minimum atomic E-state index is -0.408. The average Bonchev–Trinajstić information content (AvgIpc) is 2.72. The number of ether oxygens (including phenoxy) is 2. The van der Waals surface area contributed by atoms with Gasteiger partial charge in [0, 0.05) is 5.02 Å². The van der Waals surface area contributed by atoms with Crippen molar-refractivity contribution in [1.29, 1.82) is 0 Å². The molecule has 2 aromatic carbocycles. The van der Waals surface area contributed by atoms with Gasteiger partial charge in [-0.05, 0) is 61.5 Å². The third-order valence-electron chi connectivity index (χ3n) is 3.96. The number of halogens is 2. The monoisotopic (exact) mass is 464 g/mol. The van der Waals surface area contributed by atoms with Crippen molar-refractivity contribution in [3.8, 4) is 11.5 Å². The highest BCUT2D eigenvalue weighted by Crippen LogP contribution is 2.37. The van der Waals surface area contributed by atoms with Gasteiger partial charge < -0.3 is 9.47 Å². The molecule has 0 saturated heterocycles. The van der Waals surface area contributed by atoms with E-state index in [1.807, 2.05) is 19.1 Å². The summed E-state index contributed by atoms with van der Waals surface area (Å²) in [6.07, 6.45) is 1.46. The van der Waals surface area contributed by atoms with Crippen LogP contribution in [0.15, 0.2) is 46.3 Å². The van der Waals surface area contributed by atoms with Gasteiger partial charge in [0.1, 0.15) is 12.3 Å². The Bertz CT molecular complexity index is 1190. The van der Waals surface area contributed by atoms with Crippen molar-refractivity contribution in [2.24, 2.45) is 5.10 Å². The van der Waals surface area contributed by atoms with Gasteiger partial charge in [0.05, 0.1) is 17.8 Å². The van der Waals surface area contributed by atoms with E-state index >= 15 is 0 Å². The lowest BCUT2D eigenvalue weighted by Gasteiger charge is -2.14. The van der Waals surface area contributed by atoms with Crippen molar-refractivity contribution in [1.82, 2.24) is 14.9 Å². The van der Waals surface area contributed by atoms with E-state index < -0.39 is 5.56 Å². The molecule has 0 saturated carbocycles. The molecule has 0 aliphatic rings. The minimum absolute atomic E-state index is 0.0842. The van der Waals surface area contributed by atoms with Gasteiger partial charge in [-0.15, -0.1) is 0 Å². The van der Waals surface area contributed by atoms with Crippen LogP contribution in [0.2, 0.25) is 10.0 Å². The van der Waals surface area contributed by atoms with Crippen molar-refractivity contribution < 1.29 is 9.47 Å². The molecule has 3 rings (SSSR count). The molecule has 0 atom stereocenters. The molecule has 7 nitrogen and oxygen atoms in total. The standard InChI is InChI=1S/C20H18Cl2N4O3S/c1-3-28-17-9-14(10-23-26-19(27)12(2)24-25-20(26)30)8-16(22)18(17)29-11-13-4-6-15(21)7-5-13/h4-10H,3,11H2,1-2H3,(H,25,30)/b23-10-. The number of aromatic amines is 1. The lowest BCUT2D eigenvalue weighted by Crippen LogP contribution is -2.22. The van der Waals surface area contributed by atoms with E-state index in [2.05, 4.69) is 15.3 Å². The predicted octanol–water partition coefficient (Wildman–Crippen LogP) is 4.78. The fourth-order valence-electron chi connectivity index (χ4n) is 2.50. The normalized spacial score (nSPS) is 11.1. The van der Waals surface area contributed by atoms with Gasteiger partial charge in [-0.1, -0.05) is 35.3 Å². The van der Waals surface area contributed by atoms with Crippen LogP contribution in [0.4, 0.5) is 0 Å². The highest BCUT2D eigenvalue weighted by molar-refractivity contribution is 7.71. The first-order valence-electron chi connectivity index (χ1n) is 8.95. The van der Waals surface area contributed by atoms with Gasteiger partial charge in [0.2, 0.25) is 4.77 Å². The Balaban J connectivity index is 1.89. The molecule has 0 aliphatic heterocycles. The summed E-state index contributed by atoms with van der Waals surface area (Å²) in [5, 5.41) is 11.5. The maximum absolute atomic E-state index is 12.2. The number of nitrogens with zero attached hydrogens (tertiary/aromatic N) is 3. The number of rotatable bonds is 7. The van der Waals surface area contributed by atoms with Crippen LogP contribution in [-0.4, -0.2) is 27.7 Å². The highest BCUT2D eigenvalue weighted by Gasteiger charge is 2.13. The zero-order valence-electron chi connectivity index (χ0n) is 16.2. The Hall–Kier alpha value is -2.68. The molecule has 10 heteroatoms. The molecule has 0 spiro atoms. The summed E-state index contributed by atoms with van der Waals surface area (Å²) < 4.78 is 12.7. The molecule has 0 unspecified atom stereocenters. The molecule has 0 aliphatic carbocycles. The summed E-state index contributed by atoms with van der Waals surface area (Å²) in [5.74, 6) is 0.878. The molecular formula is C20H18Cl2N4O3S. The number of aryl methyl sites for hydroxylation is 1. The molecule has 3 aromatic rings. The number of benzene rings is 2. The molecule has 0 radical (unpaired) electrons. The second-order valence-electron chi connectivity index (χ2n) is 6.15. The van der Waals surface area contributed by atoms with Crippen LogP contribution in [0.5, 0.6) is 11.5 Å². The second-order valence-corrected chi connectivity index (χ2v) is 7.38. The summed E-state index contributed by atoms with van der Waals surface area (Å²) in [4.78, 5) is 12.2. The largest absolute Gasteiger partial charge is 0.490 e. The SMILES string of the molecule is CCOc1cc(/C=N\n2c(=S)[nH]nc(C)c2=O)cc(Cl)c1OCc1ccc(Cl)cc1. The maximum atomic E-state index is 12.2. The van der Waals surface area contributed by atoms with E-state index in [0.717, 1.165) is 10.2 Å². The Kier molecular flexibility index (Phi) is 7.25. The van der Waals surface area contributed by atoms with Crippen LogP contribution in [0, 0.1) is 11.7 Å². The molecule has 156 valence electrons. The van der Waals surface area contributed by atoms with Crippen molar-refractivity contribution in [3.63, 3.8) is 0 Å². The topological polar surface area (TPSA) is 81.5 Å². The summed E-state index contributed by atoms with van der Waals surface area (Å²) >= 11 is 17.4. The lowest BCUT2D eigenvalue weighted by atomic mass is 10.2. The molecule has 1 heterocycles. The lowest BCUT2D eigenvalue weighted by molar-refractivity contribution is 0.269. The van der Waals surface area contributed by atoms with Crippen LogP contribution in [0.25, 0.3) is 0 Å². The Labute approximate surface area is 187 Å². The second kappa shape index (κ2) is 9.88. The molecule has 30 heavy (non-hydrogen) atoms. The van der Waals surface area contributed by atoms with Gasteiger partial charge in [0.15, 0.2) is 11.5 Å². The third-order valence-corrected chi connectivity index (χ3v) is 4.76. The van der Waals surface area contributed by atoms with E-state index in [1.54, 1.807) is 31.2 Å². The first-order chi connectivity index (χ1) is 14.4. The van der Waals surface area contributed by atoms with Crippen molar-refractivity contribution in [2.45, 2.75) is 20.5 Å². The van der Waals surface area contributed by atoms with Gasteiger partial charge >= 0.3 is 0 Å². The van der Waals surface area contributed by atoms with Crippen LogP contribution in [0.1, 0.15) is 23.7 Å². The average molecular weight is 465 g/mol. The Morgan fingerprint density at radius 1 is 1.23 bits per heavy atom. The van der Waals surface area contributed by atoms with Gasteiger partial charge in [0.25, 0.3) is 5.56 Å². The highest BCUT2D eigenvalue weighted by atomic mass is 35.5. The number of aromatic nitrogens is 3. The third kappa shape index (κ3) is 5.27. The van der Waals surface area contributed by atoms with Gasteiger partial charge in [-0.25, -0.2) is 0 Å². The summed E-state index contributed by atoms with van der Waals surface area (Å²) in [6.45, 7) is 4.14. The van der Waals surface area contributed by atoms with Crippen LogP contribution in [0.3, 0.4) is 0 Å². The van der Waals surface area contributed by atoms with Crippen LogP contribution in [-0.2, 0) is 6.61 Å².